The average molecular weight is 148 g/mol. The molecular formula is C9H12N2. The second kappa shape index (κ2) is 3.10. The van der Waals surface area contributed by atoms with Crippen LogP contribution in [0.5, 0.6) is 0 Å². The number of nitrogen functional groups attached to an aromatic ring is 1. The van der Waals surface area contributed by atoms with Gasteiger partial charge in [-0.3, -0.25) is 0 Å². The van der Waals surface area contributed by atoms with Crippen LogP contribution in [0.3, 0.4) is 0 Å². The number of allylic oxidation sites excluding steroid dienone is 1. The lowest BCUT2D eigenvalue weighted by Gasteiger charge is -2.00. The van der Waals surface area contributed by atoms with E-state index in [9.17, 15) is 0 Å². The summed E-state index contributed by atoms with van der Waals surface area (Å²) in [6.45, 7) is 3.62. The Kier molecular flexibility index (Phi) is 2.16. The maximum Gasteiger partial charge on any atom is 0.0316 e. The fraction of sp³-hybridized carbons (Fsp3) is 0.111. The van der Waals surface area contributed by atoms with Crippen LogP contribution in [0.1, 0.15) is 5.56 Å². The quantitative estimate of drug-likeness (QED) is 0.621. The van der Waals surface area contributed by atoms with E-state index < -0.39 is 0 Å². The SMILES string of the molecule is C=C(N)Cc1cccc(N)c1. The zero-order chi connectivity index (χ0) is 8.27. The Hall–Kier alpha value is -1.44. The van der Waals surface area contributed by atoms with Crippen LogP contribution in [0.25, 0.3) is 0 Å². The van der Waals surface area contributed by atoms with E-state index in [1.54, 1.807) is 0 Å². The third kappa shape index (κ3) is 2.34. The number of anilines is 1. The van der Waals surface area contributed by atoms with Crippen molar-refractivity contribution in [3.63, 3.8) is 0 Å². The minimum atomic E-state index is 0.663. The Balaban J connectivity index is 2.79. The molecule has 0 saturated carbocycles. The average Bonchev–Trinajstić information content (AvgIpc) is 1.85. The fourth-order valence-electron chi connectivity index (χ4n) is 0.965. The number of nitrogens with two attached hydrogens (primary N) is 2. The van der Waals surface area contributed by atoms with Crippen molar-refractivity contribution < 1.29 is 0 Å². The van der Waals surface area contributed by atoms with E-state index in [1.165, 1.54) is 0 Å². The van der Waals surface area contributed by atoms with Gasteiger partial charge in [-0.15, -0.1) is 0 Å². The summed E-state index contributed by atoms with van der Waals surface area (Å²) in [5.41, 5.74) is 13.5. The van der Waals surface area contributed by atoms with Crippen molar-refractivity contribution in [1.29, 1.82) is 0 Å². The molecule has 0 fully saturated rings. The minimum Gasteiger partial charge on any atom is -0.402 e. The molecule has 0 aromatic heterocycles. The predicted octanol–water partition coefficient (Wildman–Crippen LogP) is 1.28. The van der Waals surface area contributed by atoms with Crippen LogP contribution < -0.4 is 11.5 Å². The van der Waals surface area contributed by atoms with Gasteiger partial charge < -0.3 is 11.5 Å². The molecular weight excluding hydrogens is 136 g/mol. The second-order valence-corrected chi connectivity index (χ2v) is 2.58. The number of rotatable bonds is 2. The van der Waals surface area contributed by atoms with Gasteiger partial charge in [-0.25, -0.2) is 0 Å². The maximum atomic E-state index is 5.56. The van der Waals surface area contributed by atoms with Gasteiger partial charge in [0.05, 0.1) is 0 Å². The van der Waals surface area contributed by atoms with Gasteiger partial charge in [0.2, 0.25) is 0 Å². The largest absolute Gasteiger partial charge is 0.402 e. The predicted molar refractivity (Wildman–Crippen MR) is 47.9 cm³/mol. The lowest BCUT2D eigenvalue weighted by molar-refractivity contribution is 1.12. The molecule has 2 heteroatoms. The lowest BCUT2D eigenvalue weighted by Crippen LogP contribution is -1.99. The van der Waals surface area contributed by atoms with Crippen LogP contribution in [0.15, 0.2) is 36.5 Å². The highest BCUT2D eigenvalue weighted by atomic mass is 14.6. The van der Waals surface area contributed by atoms with Gasteiger partial charge in [0.25, 0.3) is 0 Å². The summed E-state index contributed by atoms with van der Waals surface area (Å²) in [6.07, 6.45) is 0.699. The molecule has 0 bridgehead atoms. The molecule has 0 aliphatic rings. The van der Waals surface area contributed by atoms with Gasteiger partial charge in [-0.2, -0.15) is 0 Å². The molecule has 0 heterocycles. The summed E-state index contributed by atoms with van der Waals surface area (Å²) in [6, 6.07) is 7.64. The molecule has 4 N–H and O–H groups in total. The molecule has 58 valence electrons. The van der Waals surface area contributed by atoms with E-state index >= 15 is 0 Å². The highest BCUT2D eigenvalue weighted by molar-refractivity contribution is 5.41. The second-order valence-electron chi connectivity index (χ2n) is 2.58. The van der Waals surface area contributed by atoms with Crippen LogP contribution in [0.2, 0.25) is 0 Å². The molecule has 0 spiro atoms. The van der Waals surface area contributed by atoms with Crippen LogP contribution in [-0.4, -0.2) is 0 Å². The monoisotopic (exact) mass is 148 g/mol. The van der Waals surface area contributed by atoms with Gasteiger partial charge in [0.1, 0.15) is 0 Å². The van der Waals surface area contributed by atoms with Gasteiger partial charge in [0, 0.05) is 17.8 Å². The van der Waals surface area contributed by atoms with Crippen molar-refractivity contribution in [3.05, 3.63) is 42.1 Å². The Bertz CT molecular complexity index is 266. The third-order valence-corrected chi connectivity index (χ3v) is 1.38. The Morgan fingerprint density at radius 1 is 1.45 bits per heavy atom. The first-order valence-corrected chi connectivity index (χ1v) is 3.46. The van der Waals surface area contributed by atoms with Gasteiger partial charge >= 0.3 is 0 Å². The molecule has 0 aliphatic heterocycles. The maximum absolute atomic E-state index is 5.56. The van der Waals surface area contributed by atoms with E-state index in [0.717, 1.165) is 11.3 Å². The molecule has 0 saturated heterocycles. The molecule has 0 aliphatic carbocycles. The standard InChI is InChI=1S/C9H12N2/c1-7(10)5-8-3-2-4-9(11)6-8/h2-4,6H,1,5,10-11H2. The molecule has 0 radical (unpaired) electrons. The molecule has 2 nitrogen and oxygen atoms in total. The first kappa shape index (κ1) is 7.66. The van der Waals surface area contributed by atoms with E-state index in [0.29, 0.717) is 12.1 Å². The summed E-state index contributed by atoms with van der Waals surface area (Å²) in [5, 5.41) is 0. The lowest BCUT2D eigenvalue weighted by atomic mass is 10.1. The zero-order valence-electron chi connectivity index (χ0n) is 6.38. The topological polar surface area (TPSA) is 52.0 Å². The first-order chi connectivity index (χ1) is 5.18. The van der Waals surface area contributed by atoms with E-state index in [-0.39, 0.29) is 0 Å². The number of hydrogen-bond donors (Lipinski definition) is 2. The number of hydrogen-bond acceptors (Lipinski definition) is 2. The van der Waals surface area contributed by atoms with Crippen LogP contribution >= 0.6 is 0 Å². The Morgan fingerprint density at radius 2 is 2.18 bits per heavy atom. The molecule has 0 atom stereocenters. The van der Waals surface area contributed by atoms with Gasteiger partial charge in [-0.1, -0.05) is 18.7 Å². The van der Waals surface area contributed by atoms with Crippen molar-refractivity contribution in [2.45, 2.75) is 6.42 Å². The van der Waals surface area contributed by atoms with E-state index in [1.807, 2.05) is 24.3 Å². The first-order valence-electron chi connectivity index (χ1n) is 3.46. The summed E-state index contributed by atoms with van der Waals surface area (Å²) in [4.78, 5) is 0. The van der Waals surface area contributed by atoms with E-state index in [2.05, 4.69) is 6.58 Å². The van der Waals surface area contributed by atoms with Crippen molar-refractivity contribution in [2.24, 2.45) is 5.73 Å². The van der Waals surface area contributed by atoms with Crippen LogP contribution in [-0.2, 0) is 6.42 Å². The third-order valence-electron chi connectivity index (χ3n) is 1.38. The normalized spacial score (nSPS) is 9.45. The molecule has 1 rings (SSSR count). The summed E-state index contributed by atoms with van der Waals surface area (Å²) < 4.78 is 0. The smallest absolute Gasteiger partial charge is 0.0316 e. The van der Waals surface area contributed by atoms with E-state index in [4.69, 9.17) is 11.5 Å². The van der Waals surface area contributed by atoms with Gasteiger partial charge in [0.15, 0.2) is 0 Å². The molecule has 1 aromatic rings. The van der Waals surface area contributed by atoms with Crippen molar-refractivity contribution in [1.82, 2.24) is 0 Å². The Morgan fingerprint density at radius 3 is 2.73 bits per heavy atom. The van der Waals surface area contributed by atoms with Crippen molar-refractivity contribution in [3.8, 4) is 0 Å². The van der Waals surface area contributed by atoms with Crippen molar-refractivity contribution in [2.75, 3.05) is 5.73 Å². The summed E-state index contributed by atoms with van der Waals surface area (Å²) in [5.74, 6) is 0. The number of benzene rings is 1. The zero-order valence-corrected chi connectivity index (χ0v) is 6.38. The molecule has 0 amide bonds. The minimum absolute atomic E-state index is 0.663. The fourth-order valence-corrected chi connectivity index (χ4v) is 0.965. The van der Waals surface area contributed by atoms with Gasteiger partial charge in [-0.05, 0) is 17.7 Å². The van der Waals surface area contributed by atoms with Crippen LogP contribution in [0, 0.1) is 0 Å². The molecule has 0 unspecified atom stereocenters. The summed E-state index contributed by atoms with van der Waals surface area (Å²) in [7, 11) is 0. The highest BCUT2D eigenvalue weighted by Crippen LogP contribution is 2.08. The van der Waals surface area contributed by atoms with Crippen molar-refractivity contribution >= 4 is 5.69 Å². The van der Waals surface area contributed by atoms with Crippen LogP contribution in [0.4, 0.5) is 5.69 Å². The molecule has 1 aromatic carbocycles. The Labute approximate surface area is 66.5 Å². The highest BCUT2D eigenvalue weighted by Gasteiger charge is 1.92. The molecule has 11 heavy (non-hydrogen) atoms. The summed E-state index contributed by atoms with van der Waals surface area (Å²) >= 11 is 0.